The zero-order valence-corrected chi connectivity index (χ0v) is 11.1. The highest BCUT2D eigenvalue weighted by molar-refractivity contribution is 7.99. The second-order valence-electron chi connectivity index (χ2n) is 3.26. The van der Waals surface area contributed by atoms with Crippen LogP contribution in [0.4, 0.5) is 19.1 Å². The van der Waals surface area contributed by atoms with Gasteiger partial charge in [0.15, 0.2) is 5.69 Å². The average Bonchev–Trinajstić information content (AvgIpc) is 2.35. The van der Waals surface area contributed by atoms with E-state index in [0.717, 1.165) is 17.8 Å². The summed E-state index contributed by atoms with van der Waals surface area (Å²) in [7, 11) is 1.41. The van der Waals surface area contributed by atoms with Crippen LogP contribution in [0.1, 0.15) is 12.6 Å². The fourth-order valence-electron chi connectivity index (χ4n) is 1.09. The fourth-order valence-corrected chi connectivity index (χ4v) is 1.79. The Morgan fingerprint density at radius 3 is 2.68 bits per heavy atom. The molecule has 1 N–H and O–H groups in total. The van der Waals surface area contributed by atoms with E-state index in [0.29, 0.717) is 0 Å². The highest BCUT2D eigenvalue weighted by Crippen LogP contribution is 2.30. The first-order valence-corrected chi connectivity index (χ1v) is 6.27. The minimum absolute atomic E-state index is 0.0553. The lowest BCUT2D eigenvalue weighted by Crippen LogP contribution is -2.12. The Kier molecular flexibility index (Phi) is 5.40. The summed E-state index contributed by atoms with van der Waals surface area (Å²) in [5.74, 6) is -0.766. The molecule has 0 unspecified atom stereocenters. The zero-order chi connectivity index (χ0) is 14.5. The first kappa shape index (κ1) is 15.5. The van der Waals surface area contributed by atoms with Crippen LogP contribution >= 0.6 is 11.8 Å². The van der Waals surface area contributed by atoms with Crippen molar-refractivity contribution in [2.45, 2.75) is 18.1 Å². The minimum atomic E-state index is -4.56. The molecular formula is C10H12F3N3O2S. The van der Waals surface area contributed by atoms with Gasteiger partial charge < -0.3 is 10.1 Å². The number of aromatic nitrogens is 2. The summed E-state index contributed by atoms with van der Waals surface area (Å²) >= 11 is 0.863. The summed E-state index contributed by atoms with van der Waals surface area (Å²) in [5.41, 5.74) is -1.06. The SMILES string of the molecule is CCOC(=O)CSc1cc(C(F)(F)F)nc(NC)n1. The Labute approximate surface area is 112 Å². The number of alkyl halides is 3. The van der Waals surface area contributed by atoms with Crippen molar-refractivity contribution in [3.63, 3.8) is 0 Å². The van der Waals surface area contributed by atoms with Gasteiger partial charge in [0.1, 0.15) is 5.03 Å². The van der Waals surface area contributed by atoms with Gasteiger partial charge in [0, 0.05) is 13.1 Å². The lowest BCUT2D eigenvalue weighted by Gasteiger charge is -2.09. The fraction of sp³-hybridized carbons (Fsp3) is 0.500. The molecule has 0 aliphatic rings. The van der Waals surface area contributed by atoms with Crippen LogP contribution in [0.25, 0.3) is 0 Å². The van der Waals surface area contributed by atoms with E-state index in [1.807, 2.05) is 0 Å². The number of rotatable bonds is 5. The highest BCUT2D eigenvalue weighted by atomic mass is 32.2. The summed E-state index contributed by atoms with van der Waals surface area (Å²) < 4.78 is 42.4. The van der Waals surface area contributed by atoms with E-state index in [2.05, 4.69) is 20.0 Å². The molecule has 0 saturated heterocycles. The molecule has 0 fully saturated rings. The van der Waals surface area contributed by atoms with E-state index in [4.69, 9.17) is 0 Å². The molecule has 0 saturated carbocycles. The topological polar surface area (TPSA) is 64.1 Å². The van der Waals surface area contributed by atoms with Gasteiger partial charge in [-0.3, -0.25) is 4.79 Å². The molecule has 1 rings (SSSR count). The van der Waals surface area contributed by atoms with Crippen molar-refractivity contribution in [2.75, 3.05) is 24.7 Å². The molecule has 0 amide bonds. The second kappa shape index (κ2) is 6.60. The van der Waals surface area contributed by atoms with Crippen molar-refractivity contribution in [1.82, 2.24) is 9.97 Å². The van der Waals surface area contributed by atoms with E-state index in [-0.39, 0.29) is 23.3 Å². The second-order valence-corrected chi connectivity index (χ2v) is 4.25. The van der Waals surface area contributed by atoms with E-state index in [9.17, 15) is 18.0 Å². The number of esters is 1. The van der Waals surface area contributed by atoms with Crippen LogP contribution in [0.2, 0.25) is 0 Å². The van der Waals surface area contributed by atoms with Gasteiger partial charge in [-0.2, -0.15) is 13.2 Å². The number of carbonyl (C=O) groups excluding carboxylic acids is 1. The minimum Gasteiger partial charge on any atom is -0.465 e. The number of ether oxygens (including phenoxy) is 1. The molecule has 0 atom stereocenters. The number of halogens is 3. The van der Waals surface area contributed by atoms with Gasteiger partial charge in [0.05, 0.1) is 12.4 Å². The van der Waals surface area contributed by atoms with Gasteiger partial charge in [-0.05, 0) is 6.92 Å². The van der Waals surface area contributed by atoms with Crippen LogP contribution in [0, 0.1) is 0 Å². The Morgan fingerprint density at radius 1 is 1.47 bits per heavy atom. The maximum Gasteiger partial charge on any atom is 0.433 e. The van der Waals surface area contributed by atoms with Crippen molar-refractivity contribution >= 4 is 23.7 Å². The first-order valence-electron chi connectivity index (χ1n) is 5.29. The number of hydrogen-bond acceptors (Lipinski definition) is 6. The molecule has 0 spiro atoms. The average molecular weight is 295 g/mol. The summed E-state index contributed by atoms with van der Waals surface area (Å²) in [6.45, 7) is 1.87. The van der Waals surface area contributed by atoms with Gasteiger partial charge in [-0.15, -0.1) is 0 Å². The molecule has 106 valence electrons. The Hall–Kier alpha value is -1.51. The third-order valence-electron chi connectivity index (χ3n) is 1.86. The summed E-state index contributed by atoms with van der Waals surface area (Å²) in [6, 6.07) is 0.796. The normalized spacial score (nSPS) is 11.2. The van der Waals surface area contributed by atoms with Crippen LogP contribution in [0.15, 0.2) is 11.1 Å². The zero-order valence-electron chi connectivity index (χ0n) is 10.2. The van der Waals surface area contributed by atoms with Crippen molar-refractivity contribution in [1.29, 1.82) is 0 Å². The molecule has 0 aliphatic carbocycles. The number of carbonyl (C=O) groups is 1. The summed E-state index contributed by atoms with van der Waals surface area (Å²) in [5, 5.41) is 2.50. The third kappa shape index (κ3) is 4.93. The summed E-state index contributed by atoms with van der Waals surface area (Å²) in [6.07, 6.45) is -4.56. The molecule has 1 aromatic rings. The lowest BCUT2D eigenvalue weighted by molar-refractivity contribution is -0.141. The molecule has 0 aliphatic heterocycles. The van der Waals surface area contributed by atoms with Crippen LogP contribution < -0.4 is 5.32 Å². The highest BCUT2D eigenvalue weighted by Gasteiger charge is 2.33. The largest absolute Gasteiger partial charge is 0.465 e. The van der Waals surface area contributed by atoms with Gasteiger partial charge in [-0.1, -0.05) is 11.8 Å². The predicted octanol–water partition coefficient (Wildman–Crippen LogP) is 2.19. The van der Waals surface area contributed by atoms with E-state index < -0.39 is 17.8 Å². The van der Waals surface area contributed by atoms with Crippen molar-refractivity contribution in [2.24, 2.45) is 0 Å². The van der Waals surface area contributed by atoms with E-state index in [1.165, 1.54) is 7.05 Å². The first-order chi connectivity index (χ1) is 8.86. The monoisotopic (exact) mass is 295 g/mol. The molecule has 0 aromatic carbocycles. The maximum atomic E-state index is 12.6. The summed E-state index contributed by atoms with van der Waals surface area (Å²) in [4.78, 5) is 18.3. The number of anilines is 1. The van der Waals surface area contributed by atoms with Gasteiger partial charge >= 0.3 is 12.1 Å². The molecule has 1 heterocycles. The van der Waals surface area contributed by atoms with Crippen LogP contribution in [-0.2, 0) is 15.7 Å². The molecule has 1 aromatic heterocycles. The molecule has 9 heteroatoms. The number of hydrogen-bond donors (Lipinski definition) is 1. The Bertz CT molecular complexity index is 454. The molecule has 5 nitrogen and oxygen atoms in total. The van der Waals surface area contributed by atoms with Gasteiger partial charge in [-0.25, -0.2) is 9.97 Å². The number of thioether (sulfide) groups is 1. The van der Waals surface area contributed by atoms with Crippen LogP contribution in [-0.4, -0.2) is 35.3 Å². The molecule has 0 radical (unpaired) electrons. The van der Waals surface area contributed by atoms with Crippen LogP contribution in [0.5, 0.6) is 0 Å². The predicted molar refractivity (Wildman–Crippen MR) is 63.9 cm³/mol. The Morgan fingerprint density at radius 2 is 2.16 bits per heavy atom. The smallest absolute Gasteiger partial charge is 0.433 e. The van der Waals surface area contributed by atoms with Crippen molar-refractivity contribution < 1.29 is 22.7 Å². The number of nitrogens with zero attached hydrogens (tertiary/aromatic N) is 2. The molecular weight excluding hydrogens is 283 g/mol. The quantitative estimate of drug-likeness (QED) is 0.510. The van der Waals surface area contributed by atoms with Crippen LogP contribution in [0.3, 0.4) is 0 Å². The maximum absolute atomic E-state index is 12.6. The Balaban J connectivity index is 2.86. The van der Waals surface area contributed by atoms with Gasteiger partial charge in [0.25, 0.3) is 0 Å². The van der Waals surface area contributed by atoms with Crippen molar-refractivity contribution in [3.8, 4) is 0 Å². The lowest BCUT2D eigenvalue weighted by atomic mass is 10.4. The van der Waals surface area contributed by atoms with E-state index in [1.54, 1.807) is 6.92 Å². The number of nitrogens with one attached hydrogen (secondary N) is 1. The standard InChI is InChI=1S/C10H12F3N3O2S/c1-3-18-8(17)5-19-7-4-6(10(11,12)13)15-9(14-2)16-7/h4H,3,5H2,1-2H3,(H,14,15,16). The third-order valence-corrected chi connectivity index (χ3v) is 2.74. The molecule has 0 bridgehead atoms. The van der Waals surface area contributed by atoms with Gasteiger partial charge in [0.2, 0.25) is 5.95 Å². The molecule has 19 heavy (non-hydrogen) atoms. The van der Waals surface area contributed by atoms with Crippen molar-refractivity contribution in [3.05, 3.63) is 11.8 Å². The van der Waals surface area contributed by atoms with E-state index >= 15 is 0 Å².